The van der Waals surface area contributed by atoms with E-state index in [0.717, 1.165) is 22.7 Å². The van der Waals surface area contributed by atoms with Crippen LogP contribution in [0.2, 0.25) is 0 Å². The van der Waals surface area contributed by atoms with Crippen LogP contribution in [0.3, 0.4) is 0 Å². The molecule has 0 atom stereocenters. The SMILES string of the molecule is c1ccc(N/N=C(\Cc2ccccn2)c2ccccc2)cc1. The first kappa shape index (κ1) is 14.0. The number of nitrogens with zero attached hydrogens (tertiary/aromatic N) is 2. The average Bonchev–Trinajstić information content (AvgIpc) is 2.61. The van der Waals surface area contributed by atoms with Crippen molar-refractivity contribution in [1.82, 2.24) is 4.98 Å². The Morgan fingerprint density at radius 1 is 0.818 bits per heavy atom. The summed E-state index contributed by atoms with van der Waals surface area (Å²) < 4.78 is 0. The molecular formula is C19H17N3. The highest BCUT2D eigenvalue weighted by atomic mass is 15.3. The molecule has 0 spiro atoms. The molecule has 0 amide bonds. The predicted octanol–water partition coefficient (Wildman–Crippen LogP) is 4.14. The van der Waals surface area contributed by atoms with Crippen LogP contribution in [0.5, 0.6) is 0 Å². The number of anilines is 1. The van der Waals surface area contributed by atoms with Gasteiger partial charge in [0.1, 0.15) is 0 Å². The monoisotopic (exact) mass is 287 g/mol. The molecule has 0 aliphatic carbocycles. The maximum atomic E-state index is 4.59. The lowest BCUT2D eigenvalue weighted by atomic mass is 10.1. The fourth-order valence-corrected chi connectivity index (χ4v) is 2.16. The van der Waals surface area contributed by atoms with Crippen LogP contribution in [0.1, 0.15) is 11.3 Å². The Morgan fingerprint density at radius 2 is 1.50 bits per heavy atom. The lowest BCUT2D eigenvalue weighted by Gasteiger charge is -2.08. The van der Waals surface area contributed by atoms with Crippen LogP contribution in [0, 0.1) is 0 Å². The molecule has 0 saturated carbocycles. The fourth-order valence-electron chi connectivity index (χ4n) is 2.16. The van der Waals surface area contributed by atoms with Crippen molar-refractivity contribution < 1.29 is 0 Å². The molecule has 2 aromatic carbocycles. The van der Waals surface area contributed by atoms with Crippen molar-refractivity contribution in [3.05, 3.63) is 96.3 Å². The van der Waals surface area contributed by atoms with E-state index in [2.05, 4.69) is 27.6 Å². The van der Waals surface area contributed by atoms with Gasteiger partial charge in [0.15, 0.2) is 0 Å². The van der Waals surface area contributed by atoms with Gasteiger partial charge in [-0.2, -0.15) is 5.10 Å². The van der Waals surface area contributed by atoms with E-state index in [1.807, 2.05) is 72.9 Å². The quantitative estimate of drug-likeness (QED) is 0.565. The van der Waals surface area contributed by atoms with E-state index < -0.39 is 0 Å². The van der Waals surface area contributed by atoms with Gasteiger partial charge in [-0.05, 0) is 29.8 Å². The predicted molar refractivity (Wildman–Crippen MR) is 91.0 cm³/mol. The average molecular weight is 287 g/mol. The minimum absolute atomic E-state index is 0.685. The number of hydrazone groups is 1. The van der Waals surface area contributed by atoms with Crippen LogP contribution in [-0.4, -0.2) is 10.7 Å². The highest BCUT2D eigenvalue weighted by molar-refractivity contribution is 6.02. The van der Waals surface area contributed by atoms with Gasteiger partial charge in [0, 0.05) is 18.3 Å². The second kappa shape index (κ2) is 7.18. The van der Waals surface area contributed by atoms with E-state index in [-0.39, 0.29) is 0 Å². The first-order valence-electron chi connectivity index (χ1n) is 7.25. The third-order valence-electron chi connectivity index (χ3n) is 3.28. The van der Waals surface area contributed by atoms with Crippen molar-refractivity contribution in [2.75, 3.05) is 5.43 Å². The van der Waals surface area contributed by atoms with Crippen LogP contribution >= 0.6 is 0 Å². The standard InChI is InChI=1S/C19H17N3/c1-3-9-16(10-4-1)19(15-18-13-7-8-14-20-18)22-21-17-11-5-2-6-12-17/h1-14,21H,15H2/b22-19+. The Morgan fingerprint density at radius 3 is 2.18 bits per heavy atom. The molecule has 0 bridgehead atoms. The maximum Gasteiger partial charge on any atom is 0.0738 e. The maximum absolute atomic E-state index is 4.59. The lowest BCUT2D eigenvalue weighted by Crippen LogP contribution is -2.09. The van der Waals surface area contributed by atoms with Crippen molar-refractivity contribution >= 4 is 11.4 Å². The summed E-state index contributed by atoms with van der Waals surface area (Å²) in [5, 5.41) is 4.59. The fraction of sp³-hybridized carbons (Fsp3) is 0.0526. The lowest BCUT2D eigenvalue weighted by molar-refractivity contribution is 1.13. The van der Waals surface area contributed by atoms with Crippen LogP contribution in [0.25, 0.3) is 0 Å². The Hall–Kier alpha value is -2.94. The summed E-state index contributed by atoms with van der Waals surface area (Å²) in [6.45, 7) is 0. The third kappa shape index (κ3) is 3.79. The summed E-state index contributed by atoms with van der Waals surface area (Å²) in [5.74, 6) is 0. The molecule has 1 aromatic heterocycles. The molecule has 3 aromatic rings. The molecule has 0 saturated heterocycles. The molecule has 108 valence electrons. The van der Waals surface area contributed by atoms with E-state index in [1.54, 1.807) is 0 Å². The van der Waals surface area contributed by atoms with Crippen molar-refractivity contribution in [3.63, 3.8) is 0 Å². The van der Waals surface area contributed by atoms with Gasteiger partial charge in [0.25, 0.3) is 0 Å². The molecule has 0 unspecified atom stereocenters. The van der Waals surface area contributed by atoms with Crippen molar-refractivity contribution in [3.8, 4) is 0 Å². The van der Waals surface area contributed by atoms with Gasteiger partial charge >= 0.3 is 0 Å². The van der Waals surface area contributed by atoms with E-state index in [0.29, 0.717) is 6.42 Å². The van der Waals surface area contributed by atoms with E-state index >= 15 is 0 Å². The summed E-state index contributed by atoms with van der Waals surface area (Å²) in [4.78, 5) is 4.39. The van der Waals surface area contributed by atoms with Gasteiger partial charge in [0.05, 0.1) is 11.4 Å². The second-order valence-corrected chi connectivity index (χ2v) is 4.90. The number of nitrogens with one attached hydrogen (secondary N) is 1. The summed E-state index contributed by atoms with van der Waals surface area (Å²) in [7, 11) is 0. The number of benzene rings is 2. The Labute approximate surface area is 130 Å². The number of hydrogen-bond donors (Lipinski definition) is 1. The van der Waals surface area contributed by atoms with Crippen molar-refractivity contribution in [2.45, 2.75) is 6.42 Å². The zero-order chi connectivity index (χ0) is 15.0. The van der Waals surface area contributed by atoms with Gasteiger partial charge in [-0.3, -0.25) is 10.4 Å². The summed E-state index contributed by atoms with van der Waals surface area (Å²) in [6, 6.07) is 26.0. The summed E-state index contributed by atoms with van der Waals surface area (Å²) in [6.07, 6.45) is 2.49. The third-order valence-corrected chi connectivity index (χ3v) is 3.28. The van der Waals surface area contributed by atoms with Gasteiger partial charge in [-0.15, -0.1) is 0 Å². The molecule has 3 heteroatoms. The van der Waals surface area contributed by atoms with Gasteiger partial charge in [-0.1, -0.05) is 54.6 Å². The van der Waals surface area contributed by atoms with Crippen LogP contribution in [0.4, 0.5) is 5.69 Å². The first-order chi connectivity index (χ1) is 10.9. The van der Waals surface area contributed by atoms with E-state index in [9.17, 15) is 0 Å². The van der Waals surface area contributed by atoms with Crippen LogP contribution < -0.4 is 5.43 Å². The minimum Gasteiger partial charge on any atom is -0.278 e. The molecular weight excluding hydrogens is 270 g/mol. The summed E-state index contributed by atoms with van der Waals surface area (Å²) >= 11 is 0. The smallest absolute Gasteiger partial charge is 0.0738 e. The zero-order valence-corrected chi connectivity index (χ0v) is 12.2. The van der Waals surface area contributed by atoms with Crippen LogP contribution in [0.15, 0.2) is 90.2 Å². The second-order valence-electron chi connectivity index (χ2n) is 4.90. The molecule has 3 rings (SSSR count). The van der Waals surface area contributed by atoms with Crippen molar-refractivity contribution in [2.24, 2.45) is 5.10 Å². The molecule has 0 aliphatic rings. The molecule has 3 nitrogen and oxygen atoms in total. The van der Waals surface area contributed by atoms with Crippen LogP contribution in [-0.2, 0) is 6.42 Å². The van der Waals surface area contributed by atoms with Gasteiger partial charge < -0.3 is 0 Å². The molecule has 0 radical (unpaired) electrons. The number of aromatic nitrogens is 1. The van der Waals surface area contributed by atoms with Gasteiger partial charge in [0.2, 0.25) is 0 Å². The zero-order valence-electron chi connectivity index (χ0n) is 12.2. The molecule has 0 fully saturated rings. The Bertz CT molecular complexity index is 722. The number of hydrogen-bond acceptors (Lipinski definition) is 3. The number of rotatable bonds is 5. The topological polar surface area (TPSA) is 37.3 Å². The number of para-hydroxylation sites is 1. The molecule has 1 heterocycles. The highest BCUT2D eigenvalue weighted by Gasteiger charge is 2.06. The van der Waals surface area contributed by atoms with E-state index in [1.165, 1.54) is 0 Å². The molecule has 22 heavy (non-hydrogen) atoms. The normalized spacial score (nSPS) is 11.2. The highest BCUT2D eigenvalue weighted by Crippen LogP contribution is 2.10. The Balaban J connectivity index is 1.86. The Kier molecular flexibility index (Phi) is 4.57. The first-order valence-corrected chi connectivity index (χ1v) is 7.25. The largest absolute Gasteiger partial charge is 0.278 e. The molecule has 0 aliphatic heterocycles. The number of pyridine rings is 1. The van der Waals surface area contributed by atoms with E-state index in [4.69, 9.17) is 0 Å². The van der Waals surface area contributed by atoms with Gasteiger partial charge in [-0.25, -0.2) is 0 Å². The van der Waals surface area contributed by atoms with Crippen molar-refractivity contribution in [1.29, 1.82) is 0 Å². The molecule has 1 N–H and O–H groups in total. The minimum atomic E-state index is 0.685. The summed E-state index contributed by atoms with van der Waals surface area (Å²) in [5.41, 5.74) is 7.15.